The van der Waals surface area contributed by atoms with Crippen molar-refractivity contribution in [1.82, 2.24) is 15.1 Å². The van der Waals surface area contributed by atoms with Crippen LogP contribution in [0.15, 0.2) is 48.5 Å². The van der Waals surface area contributed by atoms with Gasteiger partial charge in [0.05, 0.1) is 25.4 Å². The molecule has 0 saturated carbocycles. The van der Waals surface area contributed by atoms with E-state index in [9.17, 15) is 14.4 Å². The zero-order valence-corrected chi connectivity index (χ0v) is 18.3. The van der Waals surface area contributed by atoms with E-state index in [4.69, 9.17) is 4.74 Å². The monoisotopic (exact) mass is 436 g/mol. The minimum Gasteiger partial charge on any atom is -0.495 e. The van der Waals surface area contributed by atoms with Gasteiger partial charge in [0.2, 0.25) is 11.8 Å². The van der Waals surface area contributed by atoms with E-state index in [1.165, 1.54) is 16.9 Å². The van der Waals surface area contributed by atoms with Gasteiger partial charge in [-0.3, -0.25) is 14.5 Å². The molecule has 0 aliphatic carbocycles. The molecule has 0 aromatic heterocycles. The quantitative estimate of drug-likeness (QED) is 0.726. The Kier molecular flexibility index (Phi) is 6.41. The molecule has 2 fully saturated rings. The van der Waals surface area contributed by atoms with Crippen molar-refractivity contribution >= 4 is 23.5 Å². The van der Waals surface area contributed by atoms with Crippen molar-refractivity contribution in [3.05, 3.63) is 59.7 Å². The number of amides is 4. The van der Waals surface area contributed by atoms with Crippen LogP contribution in [0, 0.1) is 6.92 Å². The molecule has 2 aromatic carbocycles. The fraction of sp³-hybridized carbons (Fsp3) is 0.375. The first-order chi connectivity index (χ1) is 15.5. The molecule has 2 aliphatic rings. The van der Waals surface area contributed by atoms with Crippen molar-refractivity contribution < 1.29 is 19.1 Å². The summed E-state index contributed by atoms with van der Waals surface area (Å²) in [6, 6.07) is 13.6. The van der Waals surface area contributed by atoms with E-state index in [1.54, 1.807) is 18.2 Å². The molecule has 2 aromatic rings. The van der Waals surface area contributed by atoms with Gasteiger partial charge >= 0.3 is 6.03 Å². The van der Waals surface area contributed by atoms with Gasteiger partial charge in [-0.2, -0.15) is 0 Å². The number of anilines is 1. The summed E-state index contributed by atoms with van der Waals surface area (Å²) in [4.78, 5) is 42.2. The predicted molar refractivity (Wildman–Crippen MR) is 120 cm³/mol. The average molecular weight is 437 g/mol. The fourth-order valence-corrected chi connectivity index (χ4v) is 4.32. The number of ether oxygens (including phenoxy) is 1. The number of para-hydroxylation sites is 2. The summed E-state index contributed by atoms with van der Waals surface area (Å²) >= 11 is 0. The first-order valence-corrected chi connectivity index (χ1v) is 10.8. The van der Waals surface area contributed by atoms with E-state index in [-0.39, 0.29) is 30.9 Å². The molecule has 8 nitrogen and oxygen atoms in total. The third kappa shape index (κ3) is 4.45. The van der Waals surface area contributed by atoms with E-state index in [0.29, 0.717) is 24.4 Å². The van der Waals surface area contributed by atoms with E-state index in [2.05, 4.69) is 10.6 Å². The van der Waals surface area contributed by atoms with E-state index < -0.39 is 12.1 Å². The average Bonchev–Trinajstić information content (AvgIpc) is 2.81. The summed E-state index contributed by atoms with van der Waals surface area (Å²) < 4.78 is 5.29. The van der Waals surface area contributed by atoms with E-state index in [1.807, 2.05) is 37.3 Å². The molecule has 32 heavy (non-hydrogen) atoms. The van der Waals surface area contributed by atoms with Crippen LogP contribution in [0.5, 0.6) is 5.75 Å². The Labute approximate surface area is 187 Å². The number of carbonyl (C=O) groups excluding carboxylic acids is 3. The van der Waals surface area contributed by atoms with Gasteiger partial charge in [0.15, 0.2) is 0 Å². The molecule has 4 amide bonds. The molecule has 0 radical (unpaired) electrons. The van der Waals surface area contributed by atoms with Crippen molar-refractivity contribution in [1.29, 1.82) is 0 Å². The number of rotatable bonds is 6. The van der Waals surface area contributed by atoms with Crippen molar-refractivity contribution in [2.24, 2.45) is 0 Å². The summed E-state index contributed by atoms with van der Waals surface area (Å²) in [7, 11) is 1.53. The zero-order valence-electron chi connectivity index (χ0n) is 18.3. The molecule has 2 heterocycles. The van der Waals surface area contributed by atoms with Crippen LogP contribution in [0.3, 0.4) is 0 Å². The lowest BCUT2D eigenvalue weighted by molar-refractivity contribution is -0.138. The molecule has 2 aliphatic heterocycles. The number of urea groups is 1. The van der Waals surface area contributed by atoms with Crippen LogP contribution < -0.4 is 15.4 Å². The first-order valence-electron chi connectivity index (χ1n) is 10.8. The highest BCUT2D eigenvalue weighted by Gasteiger charge is 2.47. The Bertz CT molecular complexity index is 1010. The van der Waals surface area contributed by atoms with Gasteiger partial charge in [-0.15, -0.1) is 0 Å². The van der Waals surface area contributed by atoms with Gasteiger partial charge in [-0.05, 0) is 44.0 Å². The maximum atomic E-state index is 13.4. The summed E-state index contributed by atoms with van der Waals surface area (Å²) in [5.41, 5.74) is 2.51. The number of methoxy groups -OCH3 is 1. The third-order valence-corrected chi connectivity index (χ3v) is 5.99. The Hall–Kier alpha value is -3.39. The van der Waals surface area contributed by atoms with Crippen LogP contribution in [0.2, 0.25) is 0 Å². The number of piperidine rings is 1. The molecule has 8 heteroatoms. The van der Waals surface area contributed by atoms with Gasteiger partial charge in [-0.1, -0.05) is 42.0 Å². The second kappa shape index (κ2) is 9.40. The fourth-order valence-electron chi connectivity index (χ4n) is 4.32. The van der Waals surface area contributed by atoms with Crippen LogP contribution in [-0.2, 0) is 16.1 Å². The zero-order chi connectivity index (χ0) is 22.7. The third-order valence-electron chi connectivity index (χ3n) is 5.99. The molecule has 0 spiro atoms. The number of nitrogens with zero attached hydrogens (tertiary/aromatic N) is 2. The van der Waals surface area contributed by atoms with Crippen molar-refractivity contribution in [2.45, 2.75) is 38.4 Å². The Morgan fingerprint density at radius 3 is 2.66 bits per heavy atom. The number of nitrogens with one attached hydrogen (secondary N) is 2. The molecule has 0 bridgehead atoms. The molecule has 2 unspecified atom stereocenters. The number of fused-ring (bicyclic) bond motifs is 1. The lowest BCUT2D eigenvalue weighted by Gasteiger charge is -2.46. The Morgan fingerprint density at radius 2 is 1.91 bits per heavy atom. The highest BCUT2D eigenvalue weighted by Crippen LogP contribution is 2.27. The number of hydrogen-bond acceptors (Lipinski definition) is 5. The molecular formula is C24H28N4O4. The maximum Gasteiger partial charge on any atom is 0.327 e. The van der Waals surface area contributed by atoms with Crippen molar-refractivity contribution in [3.8, 4) is 5.75 Å². The molecule has 2 saturated heterocycles. The van der Waals surface area contributed by atoms with Crippen LogP contribution in [0.4, 0.5) is 10.5 Å². The second-order valence-electron chi connectivity index (χ2n) is 8.21. The summed E-state index contributed by atoms with van der Waals surface area (Å²) in [5, 5.41) is 6.08. The normalized spacial score (nSPS) is 20.7. The summed E-state index contributed by atoms with van der Waals surface area (Å²) in [6.45, 7) is 2.73. The number of aryl methyl sites for hydroxylation is 1. The number of imide groups is 1. The first kappa shape index (κ1) is 21.8. The number of hydrogen-bond donors (Lipinski definition) is 2. The van der Waals surface area contributed by atoms with Gasteiger partial charge in [-0.25, -0.2) is 4.79 Å². The SMILES string of the molecule is COc1ccccc1NC(=O)CN1C(=O)N(Cc2ccc(C)cc2)C(=O)C2NCCCC21. The van der Waals surface area contributed by atoms with Crippen molar-refractivity contribution in [3.63, 3.8) is 0 Å². The van der Waals surface area contributed by atoms with Gasteiger partial charge < -0.3 is 20.3 Å². The minimum absolute atomic E-state index is 0.141. The molecule has 168 valence electrons. The minimum atomic E-state index is -0.508. The van der Waals surface area contributed by atoms with Crippen molar-refractivity contribution in [2.75, 3.05) is 25.5 Å². The maximum absolute atomic E-state index is 13.4. The molecule has 4 rings (SSSR count). The second-order valence-corrected chi connectivity index (χ2v) is 8.21. The van der Waals surface area contributed by atoms with E-state index >= 15 is 0 Å². The molecule has 2 N–H and O–H groups in total. The summed E-state index contributed by atoms with van der Waals surface area (Å²) in [6.07, 6.45) is 1.51. The lowest BCUT2D eigenvalue weighted by atomic mass is 9.93. The highest BCUT2D eigenvalue weighted by atomic mass is 16.5. The summed E-state index contributed by atoms with van der Waals surface area (Å²) in [5.74, 6) is -0.0299. The lowest BCUT2D eigenvalue weighted by Crippen LogP contribution is -2.70. The Balaban J connectivity index is 1.54. The van der Waals surface area contributed by atoms with Gasteiger partial charge in [0.25, 0.3) is 0 Å². The number of carbonyl (C=O) groups is 3. The molecule has 2 atom stereocenters. The van der Waals surface area contributed by atoms with E-state index in [0.717, 1.165) is 17.5 Å². The standard InChI is InChI=1S/C24H28N4O4/c1-16-9-11-17(12-10-16)14-28-23(30)22-19(7-5-13-25-22)27(24(28)31)15-21(29)26-18-6-3-4-8-20(18)32-2/h3-4,6,8-12,19,22,25H,5,7,13-15H2,1-2H3,(H,26,29). The largest absolute Gasteiger partial charge is 0.495 e. The van der Waals surface area contributed by atoms with Gasteiger partial charge in [0.1, 0.15) is 18.3 Å². The predicted octanol–water partition coefficient (Wildman–Crippen LogP) is 2.53. The van der Waals surface area contributed by atoms with Crippen LogP contribution in [0.25, 0.3) is 0 Å². The Morgan fingerprint density at radius 1 is 1.16 bits per heavy atom. The number of benzene rings is 2. The van der Waals surface area contributed by atoms with Crippen LogP contribution in [0.1, 0.15) is 24.0 Å². The van der Waals surface area contributed by atoms with Crippen LogP contribution >= 0.6 is 0 Å². The van der Waals surface area contributed by atoms with Gasteiger partial charge in [0, 0.05) is 0 Å². The highest BCUT2D eigenvalue weighted by molar-refractivity contribution is 6.03. The topological polar surface area (TPSA) is 91.0 Å². The van der Waals surface area contributed by atoms with Crippen LogP contribution in [-0.4, -0.2) is 59.9 Å². The molecular weight excluding hydrogens is 408 g/mol. The smallest absolute Gasteiger partial charge is 0.327 e.